The van der Waals surface area contributed by atoms with Crippen LogP contribution in [0.3, 0.4) is 0 Å². The summed E-state index contributed by atoms with van der Waals surface area (Å²) in [6.07, 6.45) is -0.816. The number of rotatable bonds is 7. The summed E-state index contributed by atoms with van der Waals surface area (Å²) in [4.78, 5) is 0.245. The van der Waals surface area contributed by atoms with Crippen LogP contribution in [0.1, 0.15) is 18.6 Å². The van der Waals surface area contributed by atoms with Crippen molar-refractivity contribution >= 4 is 15.5 Å². The van der Waals surface area contributed by atoms with Crippen LogP contribution in [-0.4, -0.2) is 32.9 Å². The van der Waals surface area contributed by atoms with Gasteiger partial charge in [0.15, 0.2) is 9.84 Å². The Balaban J connectivity index is 2.19. The lowest BCUT2D eigenvalue weighted by molar-refractivity contribution is 0.187. The van der Waals surface area contributed by atoms with Gasteiger partial charge in [-0.2, -0.15) is 0 Å². The quantitative estimate of drug-likeness (QED) is 0.813. The molecule has 0 amide bonds. The zero-order valence-corrected chi connectivity index (χ0v) is 14.0. The molecule has 124 valence electrons. The van der Waals surface area contributed by atoms with Crippen LogP contribution in [-0.2, 0) is 9.84 Å². The molecule has 23 heavy (non-hydrogen) atoms. The summed E-state index contributed by atoms with van der Waals surface area (Å²) < 4.78 is 29.5. The van der Waals surface area contributed by atoms with Crippen molar-refractivity contribution in [2.24, 2.45) is 0 Å². The number of para-hydroxylation sites is 2. The highest BCUT2D eigenvalue weighted by Crippen LogP contribution is 2.27. The number of nitrogens with one attached hydrogen (secondary N) is 1. The van der Waals surface area contributed by atoms with Crippen LogP contribution < -0.4 is 10.1 Å². The van der Waals surface area contributed by atoms with Crippen LogP contribution in [0, 0.1) is 0 Å². The SMILES string of the molecule is CCS(=O)(=O)c1ccccc1NCC(O)c1ccccc1OC. The van der Waals surface area contributed by atoms with Crippen molar-refractivity contribution in [1.82, 2.24) is 0 Å². The molecule has 0 aliphatic rings. The molecule has 0 saturated heterocycles. The van der Waals surface area contributed by atoms with Crippen LogP contribution in [0.5, 0.6) is 5.75 Å². The van der Waals surface area contributed by atoms with E-state index >= 15 is 0 Å². The fraction of sp³-hybridized carbons (Fsp3) is 0.294. The Hall–Kier alpha value is -2.05. The number of hydrogen-bond acceptors (Lipinski definition) is 5. The molecular formula is C17H21NO4S. The predicted molar refractivity (Wildman–Crippen MR) is 90.6 cm³/mol. The number of sulfone groups is 1. The average molecular weight is 335 g/mol. The molecule has 0 aliphatic heterocycles. The van der Waals surface area contributed by atoms with Crippen LogP contribution in [0.2, 0.25) is 0 Å². The second-order valence-electron chi connectivity index (χ2n) is 5.04. The first-order chi connectivity index (χ1) is 11.0. The zero-order valence-electron chi connectivity index (χ0n) is 13.2. The van der Waals surface area contributed by atoms with Gasteiger partial charge >= 0.3 is 0 Å². The Morgan fingerprint density at radius 2 is 1.78 bits per heavy atom. The van der Waals surface area contributed by atoms with Crippen molar-refractivity contribution in [3.63, 3.8) is 0 Å². The van der Waals surface area contributed by atoms with Crippen molar-refractivity contribution in [2.45, 2.75) is 17.9 Å². The summed E-state index contributed by atoms with van der Waals surface area (Å²) in [6.45, 7) is 1.78. The number of aliphatic hydroxyl groups is 1. The van der Waals surface area contributed by atoms with Crippen molar-refractivity contribution in [2.75, 3.05) is 24.7 Å². The Labute approximate surface area is 136 Å². The maximum atomic E-state index is 12.1. The van der Waals surface area contributed by atoms with Crippen LogP contribution in [0.4, 0.5) is 5.69 Å². The maximum absolute atomic E-state index is 12.1. The molecule has 2 aromatic carbocycles. The molecule has 0 aromatic heterocycles. The van der Waals surface area contributed by atoms with Gasteiger partial charge in [0.25, 0.3) is 0 Å². The largest absolute Gasteiger partial charge is 0.496 e. The number of aliphatic hydroxyl groups excluding tert-OH is 1. The van der Waals surface area contributed by atoms with Crippen LogP contribution in [0.25, 0.3) is 0 Å². The van der Waals surface area contributed by atoms with E-state index in [2.05, 4.69) is 5.32 Å². The van der Waals surface area contributed by atoms with E-state index in [1.807, 2.05) is 12.1 Å². The van der Waals surface area contributed by atoms with Crippen LogP contribution in [0.15, 0.2) is 53.4 Å². The minimum Gasteiger partial charge on any atom is -0.496 e. The van der Waals surface area contributed by atoms with Gasteiger partial charge in [0, 0.05) is 12.1 Å². The lowest BCUT2D eigenvalue weighted by Crippen LogP contribution is -2.15. The average Bonchev–Trinajstić information content (AvgIpc) is 2.59. The van der Waals surface area contributed by atoms with Gasteiger partial charge in [-0.1, -0.05) is 37.3 Å². The highest BCUT2D eigenvalue weighted by molar-refractivity contribution is 7.91. The third kappa shape index (κ3) is 4.03. The lowest BCUT2D eigenvalue weighted by Gasteiger charge is -2.17. The van der Waals surface area contributed by atoms with E-state index in [-0.39, 0.29) is 17.2 Å². The molecule has 2 aromatic rings. The van der Waals surface area contributed by atoms with Gasteiger partial charge in [0.05, 0.1) is 29.5 Å². The number of methoxy groups -OCH3 is 1. The first kappa shape index (κ1) is 17.3. The molecular weight excluding hydrogens is 314 g/mol. The summed E-state index contributed by atoms with van der Waals surface area (Å²) >= 11 is 0. The smallest absolute Gasteiger partial charge is 0.180 e. The van der Waals surface area contributed by atoms with Gasteiger partial charge in [0.1, 0.15) is 5.75 Å². The molecule has 0 saturated carbocycles. The van der Waals surface area contributed by atoms with Gasteiger partial charge in [-0.15, -0.1) is 0 Å². The number of anilines is 1. The molecule has 0 spiro atoms. The first-order valence-electron chi connectivity index (χ1n) is 7.36. The van der Waals surface area contributed by atoms with E-state index in [1.54, 1.807) is 50.4 Å². The van der Waals surface area contributed by atoms with E-state index in [4.69, 9.17) is 4.74 Å². The van der Waals surface area contributed by atoms with E-state index < -0.39 is 15.9 Å². The van der Waals surface area contributed by atoms with E-state index in [0.717, 1.165) is 0 Å². The highest BCUT2D eigenvalue weighted by Gasteiger charge is 2.18. The molecule has 5 nitrogen and oxygen atoms in total. The molecule has 6 heteroatoms. The number of hydrogen-bond donors (Lipinski definition) is 2. The molecule has 2 N–H and O–H groups in total. The van der Waals surface area contributed by atoms with Crippen molar-refractivity contribution in [3.05, 3.63) is 54.1 Å². The summed E-state index contributed by atoms with van der Waals surface area (Å²) in [5.41, 5.74) is 1.14. The highest BCUT2D eigenvalue weighted by atomic mass is 32.2. The number of ether oxygens (including phenoxy) is 1. The standard InChI is InChI=1S/C17H21NO4S/c1-3-23(20,21)17-11-7-5-9-14(17)18-12-15(19)13-8-4-6-10-16(13)22-2/h4-11,15,18-19H,3,12H2,1-2H3. The Kier molecular flexibility index (Phi) is 5.63. The van der Waals surface area contributed by atoms with E-state index in [9.17, 15) is 13.5 Å². The molecule has 0 aliphatic carbocycles. The Bertz CT molecular complexity index is 759. The Morgan fingerprint density at radius 3 is 2.48 bits per heavy atom. The third-order valence-corrected chi connectivity index (χ3v) is 5.37. The minimum absolute atomic E-state index is 0.0285. The number of benzene rings is 2. The molecule has 1 unspecified atom stereocenters. The summed E-state index contributed by atoms with van der Waals surface area (Å²) in [5, 5.41) is 13.4. The zero-order chi connectivity index (χ0) is 16.9. The monoisotopic (exact) mass is 335 g/mol. The van der Waals surface area contributed by atoms with Gasteiger partial charge in [-0.05, 0) is 18.2 Å². The summed E-state index contributed by atoms with van der Waals surface area (Å²) in [6, 6.07) is 13.9. The van der Waals surface area contributed by atoms with E-state index in [1.165, 1.54) is 0 Å². The van der Waals surface area contributed by atoms with E-state index in [0.29, 0.717) is 17.0 Å². The molecule has 0 heterocycles. The van der Waals surface area contributed by atoms with Gasteiger partial charge in [0.2, 0.25) is 0 Å². The van der Waals surface area contributed by atoms with Gasteiger partial charge in [-0.3, -0.25) is 0 Å². The lowest BCUT2D eigenvalue weighted by atomic mass is 10.1. The normalized spacial score (nSPS) is 12.7. The van der Waals surface area contributed by atoms with Crippen molar-refractivity contribution < 1.29 is 18.3 Å². The molecule has 2 rings (SSSR count). The molecule has 0 fully saturated rings. The minimum atomic E-state index is -3.32. The van der Waals surface area contributed by atoms with Crippen molar-refractivity contribution in [1.29, 1.82) is 0 Å². The summed E-state index contributed by atoms with van der Waals surface area (Å²) in [5.74, 6) is 0.622. The second kappa shape index (κ2) is 7.48. The first-order valence-corrected chi connectivity index (χ1v) is 9.01. The fourth-order valence-corrected chi connectivity index (χ4v) is 3.37. The fourth-order valence-electron chi connectivity index (χ4n) is 2.30. The molecule has 0 bridgehead atoms. The van der Waals surface area contributed by atoms with Gasteiger partial charge in [-0.25, -0.2) is 8.42 Å². The molecule has 0 radical (unpaired) electrons. The molecule has 1 atom stereocenters. The predicted octanol–water partition coefficient (Wildman–Crippen LogP) is 2.63. The topological polar surface area (TPSA) is 75.6 Å². The van der Waals surface area contributed by atoms with Crippen molar-refractivity contribution in [3.8, 4) is 5.75 Å². The Morgan fingerprint density at radius 1 is 1.13 bits per heavy atom. The van der Waals surface area contributed by atoms with Gasteiger partial charge < -0.3 is 15.2 Å². The summed E-state index contributed by atoms with van der Waals surface area (Å²) in [7, 11) is -1.78. The third-order valence-electron chi connectivity index (χ3n) is 3.59. The maximum Gasteiger partial charge on any atom is 0.180 e. The van der Waals surface area contributed by atoms with Crippen LogP contribution >= 0.6 is 0 Å². The second-order valence-corrected chi connectivity index (χ2v) is 7.28.